The fraction of sp³-hybridized carbons (Fsp3) is 0.357. The van der Waals surface area contributed by atoms with Gasteiger partial charge in [0.15, 0.2) is 0 Å². The smallest absolute Gasteiger partial charge is 0.129 e. The van der Waals surface area contributed by atoms with Crippen molar-refractivity contribution in [1.29, 1.82) is 0 Å². The Morgan fingerprint density at radius 1 is 1.29 bits per heavy atom. The second kappa shape index (κ2) is 5.37. The second-order valence-corrected chi connectivity index (χ2v) is 4.75. The number of rotatable bonds is 5. The molecule has 2 rings (SSSR count). The van der Waals surface area contributed by atoms with Crippen molar-refractivity contribution in [3.8, 4) is 0 Å². The van der Waals surface area contributed by atoms with Crippen LogP contribution in [0.15, 0.2) is 30.5 Å². The summed E-state index contributed by atoms with van der Waals surface area (Å²) in [6.45, 7) is 2.59. The van der Waals surface area contributed by atoms with Crippen LogP contribution in [0, 0.1) is 0 Å². The third-order valence-corrected chi connectivity index (χ3v) is 3.27. The van der Waals surface area contributed by atoms with E-state index >= 15 is 0 Å². The number of aryl methyl sites for hydroxylation is 1. The zero-order chi connectivity index (χ0) is 12.3. The molecule has 0 saturated heterocycles. The number of hydrogen-bond donors (Lipinski definition) is 0. The molecule has 1 aromatic carbocycles. The summed E-state index contributed by atoms with van der Waals surface area (Å²) in [4.78, 5) is 10.8. The van der Waals surface area contributed by atoms with Gasteiger partial charge in [0.1, 0.15) is 5.78 Å². The number of Topliss-reactive ketones (excluding diaryl/α,β-unsaturated/α-hetero) is 1. The third-order valence-electron chi connectivity index (χ3n) is 2.94. The number of carbonyl (C=O) groups is 1. The van der Waals surface area contributed by atoms with Crippen LogP contribution in [0.1, 0.15) is 26.2 Å². The van der Waals surface area contributed by atoms with Crippen LogP contribution in [-0.4, -0.2) is 10.4 Å². The molecule has 1 aromatic heterocycles. The molecule has 3 heteroatoms. The molecular formula is C14H16ClNO. The van der Waals surface area contributed by atoms with E-state index in [1.165, 1.54) is 5.52 Å². The van der Waals surface area contributed by atoms with Crippen LogP contribution in [0.4, 0.5) is 0 Å². The van der Waals surface area contributed by atoms with Crippen LogP contribution in [-0.2, 0) is 11.3 Å². The Morgan fingerprint density at radius 3 is 2.88 bits per heavy atom. The lowest BCUT2D eigenvalue weighted by molar-refractivity contribution is -0.117. The molecule has 0 unspecified atom stereocenters. The van der Waals surface area contributed by atoms with E-state index in [9.17, 15) is 4.79 Å². The summed E-state index contributed by atoms with van der Waals surface area (Å²) in [7, 11) is 0. The first kappa shape index (κ1) is 12.2. The molecule has 90 valence electrons. The van der Waals surface area contributed by atoms with Gasteiger partial charge in [-0.2, -0.15) is 0 Å². The average Bonchev–Trinajstić information content (AvgIpc) is 2.69. The molecule has 0 radical (unpaired) electrons. The first-order valence-electron chi connectivity index (χ1n) is 5.91. The van der Waals surface area contributed by atoms with Gasteiger partial charge in [-0.25, -0.2) is 0 Å². The van der Waals surface area contributed by atoms with Crippen molar-refractivity contribution in [2.24, 2.45) is 0 Å². The van der Waals surface area contributed by atoms with Crippen molar-refractivity contribution in [2.45, 2.75) is 32.7 Å². The Hall–Kier alpha value is -1.28. The highest BCUT2D eigenvalue weighted by Gasteiger charge is 2.03. The van der Waals surface area contributed by atoms with E-state index in [0.717, 1.165) is 29.8 Å². The molecule has 1 heterocycles. The standard InChI is InChI=1S/C14H16ClNO/c1-11(17)5-2-3-9-16-10-8-12-13(15)6-4-7-14(12)16/h4,6-8,10H,2-3,5,9H2,1H3. The summed E-state index contributed by atoms with van der Waals surface area (Å²) in [6.07, 6.45) is 4.72. The van der Waals surface area contributed by atoms with Crippen LogP contribution < -0.4 is 0 Å². The highest BCUT2D eigenvalue weighted by molar-refractivity contribution is 6.35. The van der Waals surface area contributed by atoms with E-state index in [-0.39, 0.29) is 5.78 Å². The minimum atomic E-state index is 0.269. The summed E-state index contributed by atoms with van der Waals surface area (Å²) in [5.74, 6) is 0.269. The van der Waals surface area contributed by atoms with E-state index in [1.807, 2.05) is 18.2 Å². The van der Waals surface area contributed by atoms with Gasteiger partial charge in [-0.3, -0.25) is 0 Å². The highest BCUT2D eigenvalue weighted by Crippen LogP contribution is 2.24. The minimum Gasteiger partial charge on any atom is -0.347 e. The quantitative estimate of drug-likeness (QED) is 0.733. The Labute approximate surface area is 106 Å². The summed E-state index contributed by atoms with van der Waals surface area (Å²) in [6, 6.07) is 8.00. The Bertz CT molecular complexity index is 530. The van der Waals surface area contributed by atoms with Crippen molar-refractivity contribution in [3.05, 3.63) is 35.5 Å². The van der Waals surface area contributed by atoms with E-state index in [4.69, 9.17) is 11.6 Å². The zero-order valence-corrected chi connectivity index (χ0v) is 10.7. The molecule has 0 aliphatic heterocycles. The summed E-state index contributed by atoms with van der Waals surface area (Å²) < 4.78 is 2.20. The zero-order valence-electron chi connectivity index (χ0n) is 9.95. The van der Waals surface area contributed by atoms with Crippen LogP contribution >= 0.6 is 11.6 Å². The molecule has 0 spiro atoms. The molecule has 0 fully saturated rings. The van der Waals surface area contributed by atoms with Crippen LogP contribution in [0.3, 0.4) is 0 Å². The topological polar surface area (TPSA) is 22.0 Å². The van der Waals surface area contributed by atoms with Crippen molar-refractivity contribution in [3.63, 3.8) is 0 Å². The molecule has 0 bridgehead atoms. The largest absolute Gasteiger partial charge is 0.347 e. The number of benzene rings is 1. The molecule has 17 heavy (non-hydrogen) atoms. The number of unbranched alkanes of at least 4 members (excludes halogenated alkanes) is 1. The van der Waals surface area contributed by atoms with Crippen molar-refractivity contribution in [2.75, 3.05) is 0 Å². The van der Waals surface area contributed by atoms with Gasteiger partial charge in [-0.1, -0.05) is 17.7 Å². The maximum atomic E-state index is 10.8. The Kier molecular flexibility index (Phi) is 3.85. The predicted molar refractivity (Wildman–Crippen MR) is 71.5 cm³/mol. The van der Waals surface area contributed by atoms with Gasteiger partial charge < -0.3 is 9.36 Å². The molecule has 0 atom stereocenters. The van der Waals surface area contributed by atoms with Crippen molar-refractivity contribution >= 4 is 28.3 Å². The molecule has 2 aromatic rings. The molecule has 0 aliphatic carbocycles. The number of nitrogens with zero attached hydrogens (tertiary/aromatic N) is 1. The van der Waals surface area contributed by atoms with Gasteiger partial charge in [0.25, 0.3) is 0 Å². The normalized spacial score (nSPS) is 10.9. The minimum absolute atomic E-state index is 0.269. The van der Waals surface area contributed by atoms with E-state index in [1.54, 1.807) is 6.92 Å². The molecule has 0 saturated carbocycles. The van der Waals surface area contributed by atoms with E-state index in [0.29, 0.717) is 6.42 Å². The second-order valence-electron chi connectivity index (χ2n) is 4.34. The lowest BCUT2D eigenvalue weighted by Crippen LogP contribution is -1.97. The van der Waals surface area contributed by atoms with Gasteiger partial charge in [0.05, 0.1) is 0 Å². The Morgan fingerprint density at radius 2 is 2.12 bits per heavy atom. The molecule has 0 N–H and O–H groups in total. The van der Waals surface area contributed by atoms with Gasteiger partial charge in [-0.15, -0.1) is 0 Å². The molecule has 0 aliphatic rings. The van der Waals surface area contributed by atoms with Gasteiger partial charge in [-0.05, 0) is 38.0 Å². The van der Waals surface area contributed by atoms with Crippen LogP contribution in [0.5, 0.6) is 0 Å². The fourth-order valence-corrected chi connectivity index (χ4v) is 2.27. The number of fused-ring (bicyclic) bond motifs is 1. The first-order valence-corrected chi connectivity index (χ1v) is 6.29. The average molecular weight is 250 g/mol. The lowest BCUT2D eigenvalue weighted by Gasteiger charge is -2.05. The maximum Gasteiger partial charge on any atom is 0.129 e. The molecule has 2 nitrogen and oxygen atoms in total. The third kappa shape index (κ3) is 2.89. The van der Waals surface area contributed by atoms with Crippen molar-refractivity contribution in [1.82, 2.24) is 4.57 Å². The summed E-state index contributed by atoms with van der Waals surface area (Å²) in [5, 5.41) is 1.89. The predicted octanol–water partition coefficient (Wildman–Crippen LogP) is 4.05. The van der Waals surface area contributed by atoms with Gasteiger partial charge in [0, 0.05) is 35.1 Å². The SMILES string of the molecule is CC(=O)CCCCn1ccc2c(Cl)cccc21. The van der Waals surface area contributed by atoms with Crippen LogP contribution in [0.2, 0.25) is 5.02 Å². The summed E-state index contributed by atoms with van der Waals surface area (Å²) >= 11 is 6.12. The van der Waals surface area contributed by atoms with Crippen molar-refractivity contribution < 1.29 is 4.79 Å². The number of ketones is 1. The monoisotopic (exact) mass is 249 g/mol. The fourth-order valence-electron chi connectivity index (χ4n) is 2.04. The van der Waals surface area contributed by atoms with E-state index < -0.39 is 0 Å². The number of aromatic nitrogens is 1. The highest BCUT2D eigenvalue weighted by atomic mass is 35.5. The first-order chi connectivity index (χ1) is 8.18. The Balaban J connectivity index is 2.04. The molecule has 0 amide bonds. The summed E-state index contributed by atoms with van der Waals surface area (Å²) in [5.41, 5.74) is 1.17. The number of halogens is 1. The van der Waals surface area contributed by atoms with Gasteiger partial charge in [0.2, 0.25) is 0 Å². The van der Waals surface area contributed by atoms with E-state index in [2.05, 4.69) is 16.8 Å². The van der Waals surface area contributed by atoms with Gasteiger partial charge >= 0.3 is 0 Å². The number of carbonyl (C=O) groups excluding carboxylic acids is 1. The lowest BCUT2D eigenvalue weighted by atomic mass is 10.2. The van der Waals surface area contributed by atoms with Crippen LogP contribution in [0.25, 0.3) is 10.9 Å². The maximum absolute atomic E-state index is 10.8. The molecular weight excluding hydrogens is 234 g/mol. The number of hydrogen-bond acceptors (Lipinski definition) is 1.